The number of rotatable bonds is 7. The van der Waals surface area contributed by atoms with E-state index in [4.69, 9.17) is 28.3 Å². The summed E-state index contributed by atoms with van der Waals surface area (Å²) in [5.41, 5.74) is 3.15. The molecule has 44 heavy (non-hydrogen) atoms. The molecule has 2 atom stereocenters. The van der Waals surface area contributed by atoms with E-state index >= 15 is 0 Å². The number of carboxylic acid groups (broad SMARTS) is 1. The van der Waals surface area contributed by atoms with Crippen molar-refractivity contribution in [2.75, 3.05) is 39.8 Å². The third kappa shape index (κ3) is 7.96. The molecule has 0 aromatic heterocycles. The first kappa shape index (κ1) is 32.3. The van der Waals surface area contributed by atoms with Gasteiger partial charge >= 0.3 is 6.09 Å². The second kappa shape index (κ2) is 14.8. The van der Waals surface area contributed by atoms with Gasteiger partial charge in [-0.3, -0.25) is 4.79 Å². The molecule has 3 aromatic carbocycles. The highest BCUT2D eigenvalue weighted by atomic mass is 35.5. The molecule has 8 heteroatoms. The molecule has 6 nitrogen and oxygen atoms in total. The minimum absolute atomic E-state index is 0.359. The molecule has 0 radical (unpaired) electrons. The molecule has 3 aliphatic rings. The molecule has 234 valence electrons. The first-order valence-corrected chi connectivity index (χ1v) is 16.5. The van der Waals surface area contributed by atoms with E-state index in [1.165, 1.54) is 28.9 Å². The molecule has 2 amide bonds. The fourth-order valence-electron chi connectivity index (χ4n) is 6.76. The zero-order chi connectivity index (χ0) is 31.1. The Morgan fingerprint density at radius 2 is 1.50 bits per heavy atom. The van der Waals surface area contributed by atoms with Crippen molar-refractivity contribution in [3.63, 3.8) is 0 Å². The van der Waals surface area contributed by atoms with E-state index in [9.17, 15) is 9.59 Å². The van der Waals surface area contributed by atoms with Gasteiger partial charge in [-0.15, -0.1) is 0 Å². The molecule has 1 saturated carbocycles. The third-order valence-corrected chi connectivity index (χ3v) is 10.2. The van der Waals surface area contributed by atoms with E-state index in [1.807, 2.05) is 48.5 Å². The first-order chi connectivity index (χ1) is 21.3. The second-order valence-corrected chi connectivity index (χ2v) is 13.3. The number of benzene rings is 3. The zero-order valence-electron chi connectivity index (χ0n) is 25.5. The number of amides is 2. The van der Waals surface area contributed by atoms with Gasteiger partial charge in [-0.2, -0.15) is 0 Å². The maximum absolute atomic E-state index is 13.8. The highest BCUT2D eigenvalue weighted by Crippen LogP contribution is 2.49. The lowest BCUT2D eigenvalue weighted by atomic mass is 9.71. The van der Waals surface area contributed by atoms with Crippen molar-refractivity contribution < 1.29 is 14.7 Å². The van der Waals surface area contributed by atoms with Crippen molar-refractivity contribution in [2.24, 2.45) is 5.92 Å². The van der Waals surface area contributed by atoms with Crippen molar-refractivity contribution in [2.45, 2.75) is 56.4 Å². The molecule has 1 aliphatic carbocycles. The van der Waals surface area contributed by atoms with E-state index < -0.39 is 6.09 Å². The molecule has 1 N–H and O–H groups in total. The van der Waals surface area contributed by atoms with Crippen LogP contribution in [0.3, 0.4) is 0 Å². The van der Waals surface area contributed by atoms with Crippen LogP contribution in [-0.2, 0) is 16.8 Å². The van der Waals surface area contributed by atoms with Crippen LogP contribution in [0, 0.1) is 5.92 Å². The van der Waals surface area contributed by atoms with Crippen LogP contribution in [0.25, 0.3) is 0 Å². The maximum atomic E-state index is 13.8. The van der Waals surface area contributed by atoms with Crippen LogP contribution in [0.4, 0.5) is 4.79 Å². The van der Waals surface area contributed by atoms with Crippen molar-refractivity contribution in [1.82, 2.24) is 14.7 Å². The summed E-state index contributed by atoms with van der Waals surface area (Å²) >= 11 is 12.3. The number of nitrogens with zero attached hydrogens (tertiary/aromatic N) is 3. The Bertz CT molecular complexity index is 1390. The predicted molar refractivity (Wildman–Crippen MR) is 177 cm³/mol. The Balaban J connectivity index is 0.000000270. The Morgan fingerprint density at radius 3 is 2.11 bits per heavy atom. The molecule has 0 spiro atoms. The highest BCUT2D eigenvalue weighted by Gasteiger charge is 2.47. The minimum Gasteiger partial charge on any atom is -0.465 e. The van der Waals surface area contributed by atoms with Crippen molar-refractivity contribution >= 4 is 35.2 Å². The predicted octanol–water partition coefficient (Wildman–Crippen LogP) is 7.94. The highest BCUT2D eigenvalue weighted by molar-refractivity contribution is 6.42. The number of hydrogen-bond acceptors (Lipinski definition) is 3. The molecule has 3 fully saturated rings. The van der Waals surface area contributed by atoms with Gasteiger partial charge in [0.2, 0.25) is 5.91 Å². The minimum atomic E-state index is -0.904. The Morgan fingerprint density at radius 1 is 0.864 bits per heavy atom. The lowest BCUT2D eigenvalue weighted by Gasteiger charge is -2.44. The van der Waals surface area contributed by atoms with E-state index in [1.54, 1.807) is 7.05 Å². The monoisotopic (exact) mass is 635 g/mol. The van der Waals surface area contributed by atoms with Gasteiger partial charge in [0.05, 0.1) is 15.5 Å². The fourth-order valence-corrected chi connectivity index (χ4v) is 7.06. The third-order valence-electron chi connectivity index (χ3n) is 9.46. The SMILES string of the molecule is CN(Cc1ccccc1)C(=O)O.O=C(N1CCCCC1)C1(c2ccccc2)CCN(C[C@@H]2C[C@@H]2c2ccc(Cl)c(Cl)c2)CC1. The smallest absolute Gasteiger partial charge is 0.407 e. The molecule has 0 unspecified atom stereocenters. The topological polar surface area (TPSA) is 64.1 Å². The molecular weight excluding hydrogens is 593 g/mol. The van der Waals surface area contributed by atoms with Gasteiger partial charge < -0.3 is 19.8 Å². The molecule has 2 aliphatic heterocycles. The van der Waals surface area contributed by atoms with Gasteiger partial charge in [0.25, 0.3) is 0 Å². The van der Waals surface area contributed by atoms with Crippen LogP contribution < -0.4 is 0 Å². The zero-order valence-corrected chi connectivity index (χ0v) is 27.0. The first-order valence-electron chi connectivity index (χ1n) is 15.8. The summed E-state index contributed by atoms with van der Waals surface area (Å²) in [5.74, 6) is 1.62. The largest absolute Gasteiger partial charge is 0.465 e. The fraction of sp³-hybridized carbons (Fsp3) is 0.444. The lowest BCUT2D eigenvalue weighted by molar-refractivity contribution is -0.140. The van der Waals surface area contributed by atoms with E-state index in [0.29, 0.717) is 34.3 Å². The number of hydrogen-bond donors (Lipinski definition) is 1. The Kier molecular flexibility index (Phi) is 10.9. The van der Waals surface area contributed by atoms with Gasteiger partial charge in [0, 0.05) is 33.2 Å². The molecule has 6 rings (SSSR count). The lowest BCUT2D eigenvalue weighted by Crippen LogP contribution is -2.54. The summed E-state index contributed by atoms with van der Waals surface area (Å²) in [4.78, 5) is 30.2. The molecule has 2 saturated heterocycles. The Hall–Kier alpha value is -3.06. The quantitative estimate of drug-likeness (QED) is 0.286. The Labute approximate surface area is 271 Å². The van der Waals surface area contributed by atoms with Crippen LogP contribution in [0.2, 0.25) is 10.0 Å². The number of likely N-dealkylation sites (tertiary alicyclic amines) is 2. The van der Waals surface area contributed by atoms with Crippen molar-refractivity contribution in [3.05, 3.63) is 106 Å². The van der Waals surface area contributed by atoms with Gasteiger partial charge in [0.1, 0.15) is 0 Å². The number of carbonyl (C=O) groups is 2. The van der Waals surface area contributed by atoms with E-state index in [-0.39, 0.29) is 5.41 Å². The van der Waals surface area contributed by atoms with Crippen LogP contribution in [0.5, 0.6) is 0 Å². The standard InChI is InChI=1S/C27H32Cl2N2O.C9H11NO2/c28-24-10-9-20(18-25(24)29)23-17-21(23)19-30-15-11-27(12-16-30,22-7-3-1-4-8-22)26(32)31-13-5-2-6-14-31;1-10(9(11)12)7-8-5-3-2-4-6-8/h1,3-4,7-10,18,21,23H,2,5-6,11-17,19H2;2-6H,7H2,1H3,(H,11,12)/t21-,23+;/m0./s1. The van der Waals surface area contributed by atoms with Crippen molar-refractivity contribution in [3.8, 4) is 0 Å². The van der Waals surface area contributed by atoms with Crippen LogP contribution in [-0.4, -0.2) is 71.6 Å². The summed E-state index contributed by atoms with van der Waals surface area (Å²) < 4.78 is 0. The summed E-state index contributed by atoms with van der Waals surface area (Å²) in [7, 11) is 1.55. The maximum Gasteiger partial charge on any atom is 0.407 e. The van der Waals surface area contributed by atoms with Crippen molar-refractivity contribution in [1.29, 1.82) is 0 Å². The summed E-state index contributed by atoms with van der Waals surface area (Å²) in [6.07, 6.45) is 5.66. The normalized spacial score (nSPS) is 21.1. The average molecular weight is 637 g/mol. The van der Waals surface area contributed by atoms with Crippen LogP contribution in [0.1, 0.15) is 61.1 Å². The number of halogens is 2. The average Bonchev–Trinajstić information content (AvgIpc) is 3.83. The van der Waals surface area contributed by atoms with E-state index in [0.717, 1.165) is 64.0 Å². The molecule has 0 bridgehead atoms. The summed E-state index contributed by atoms with van der Waals surface area (Å²) in [6.45, 7) is 5.36. The van der Waals surface area contributed by atoms with Crippen LogP contribution in [0.15, 0.2) is 78.9 Å². The molecule has 3 aromatic rings. The summed E-state index contributed by atoms with van der Waals surface area (Å²) in [6, 6.07) is 26.1. The number of carbonyl (C=O) groups excluding carboxylic acids is 1. The van der Waals surface area contributed by atoms with Gasteiger partial charge in [-0.25, -0.2) is 4.79 Å². The molecule has 2 heterocycles. The molecular formula is C36H43Cl2N3O3. The second-order valence-electron chi connectivity index (χ2n) is 12.5. The van der Waals surface area contributed by atoms with Gasteiger partial charge in [-0.1, -0.05) is 89.9 Å². The van der Waals surface area contributed by atoms with Gasteiger partial charge in [0.15, 0.2) is 0 Å². The van der Waals surface area contributed by atoms with Gasteiger partial charge in [-0.05, 0) is 92.3 Å². The van der Waals surface area contributed by atoms with E-state index in [2.05, 4.69) is 40.1 Å². The summed E-state index contributed by atoms with van der Waals surface area (Å²) in [5, 5.41) is 9.84. The number of piperidine rings is 2. The van der Waals surface area contributed by atoms with Crippen LogP contribution >= 0.6 is 23.2 Å².